The Bertz CT molecular complexity index is 1320. The van der Waals surface area contributed by atoms with Crippen LogP contribution in [-0.4, -0.2) is 48.2 Å². The van der Waals surface area contributed by atoms with Crippen molar-refractivity contribution in [3.63, 3.8) is 0 Å². The zero-order valence-electron chi connectivity index (χ0n) is 16.0. The number of amides is 1. The van der Waals surface area contributed by atoms with Gasteiger partial charge in [0.05, 0.1) is 12.1 Å². The number of hydrogen-bond acceptors (Lipinski definition) is 5. The van der Waals surface area contributed by atoms with E-state index in [9.17, 15) is 13.2 Å². The number of pyridine rings is 1. The average Bonchev–Trinajstić information content (AvgIpc) is 3.27. The number of ether oxygens (including phenoxy) is 1. The number of nitrogens with one attached hydrogen (secondary N) is 1. The van der Waals surface area contributed by atoms with Crippen LogP contribution in [0.2, 0.25) is 0 Å². The summed E-state index contributed by atoms with van der Waals surface area (Å²) in [5.74, 6) is -0.471. The molecule has 29 heavy (non-hydrogen) atoms. The summed E-state index contributed by atoms with van der Waals surface area (Å²) in [5, 5.41) is 3.63. The molecule has 4 aromatic rings. The summed E-state index contributed by atoms with van der Waals surface area (Å²) in [7, 11) is -1.93. The third-order valence-corrected chi connectivity index (χ3v) is 5.58. The van der Waals surface area contributed by atoms with Crippen LogP contribution in [0.15, 0.2) is 60.0 Å². The number of benzene rings is 1. The van der Waals surface area contributed by atoms with Crippen molar-refractivity contribution in [2.75, 3.05) is 25.3 Å². The number of sulfone groups is 1. The second-order valence-corrected chi connectivity index (χ2v) is 8.61. The van der Waals surface area contributed by atoms with Crippen LogP contribution >= 0.6 is 0 Å². The Morgan fingerprint density at radius 1 is 1.14 bits per heavy atom. The molecule has 1 amide bonds. The Morgan fingerprint density at radius 3 is 2.72 bits per heavy atom. The van der Waals surface area contributed by atoms with E-state index >= 15 is 0 Å². The van der Waals surface area contributed by atoms with Crippen molar-refractivity contribution < 1.29 is 17.9 Å². The fourth-order valence-electron chi connectivity index (χ4n) is 3.29. The first-order valence-electron chi connectivity index (χ1n) is 8.95. The first kappa shape index (κ1) is 19.2. The van der Waals surface area contributed by atoms with Gasteiger partial charge in [0.15, 0.2) is 5.69 Å². The Kier molecular flexibility index (Phi) is 4.85. The number of fused-ring (bicyclic) bond motifs is 2. The molecule has 0 spiro atoms. The normalized spacial score (nSPS) is 11.9. The molecular formula is C20H20N4O4S. The number of methoxy groups -OCH3 is 1. The van der Waals surface area contributed by atoms with Crippen molar-refractivity contribution in [1.82, 2.24) is 14.0 Å². The summed E-state index contributed by atoms with van der Waals surface area (Å²) < 4.78 is 32.7. The number of rotatable bonds is 6. The van der Waals surface area contributed by atoms with E-state index in [-0.39, 0.29) is 10.9 Å². The van der Waals surface area contributed by atoms with Gasteiger partial charge in [-0.25, -0.2) is 13.4 Å². The molecule has 0 fully saturated rings. The van der Waals surface area contributed by atoms with Crippen LogP contribution in [0, 0.1) is 0 Å². The fraction of sp³-hybridized carbons (Fsp3) is 0.200. The summed E-state index contributed by atoms with van der Waals surface area (Å²) in [6.45, 7) is 1.35. The summed E-state index contributed by atoms with van der Waals surface area (Å²) in [4.78, 5) is 16.9. The van der Waals surface area contributed by atoms with Gasteiger partial charge in [0.2, 0.25) is 15.0 Å². The van der Waals surface area contributed by atoms with Gasteiger partial charge in [0.1, 0.15) is 0 Å². The quantitative estimate of drug-likeness (QED) is 0.525. The lowest BCUT2D eigenvalue weighted by Crippen LogP contribution is -2.13. The molecule has 1 N–H and O–H groups in total. The number of hydrogen-bond donors (Lipinski definition) is 1. The second kappa shape index (κ2) is 7.34. The zero-order chi connectivity index (χ0) is 20.6. The van der Waals surface area contributed by atoms with Gasteiger partial charge in [-0.2, -0.15) is 0 Å². The molecular weight excluding hydrogens is 392 g/mol. The van der Waals surface area contributed by atoms with Gasteiger partial charge in [-0.05, 0) is 36.4 Å². The van der Waals surface area contributed by atoms with E-state index in [1.54, 1.807) is 37.6 Å². The number of anilines is 1. The van der Waals surface area contributed by atoms with Crippen molar-refractivity contribution in [3.8, 4) is 0 Å². The molecule has 0 aliphatic carbocycles. The van der Waals surface area contributed by atoms with Gasteiger partial charge in [0, 0.05) is 48.9 Å². The molecule has 9 heteroatoms. The van der Waals surface area contributed by atoms with Gasteiger partial charge >= 0.3 is 0 Å². The van der Waals surface area contributed by atoms with Gasteiger partial charge in [0.25, 0.3) is 5.91 Å². The Morgan fingerprint density at radius 2 is 1.97 bits per heavy atom. The van der Waals surface area contributed by atoms with E-state index in [1.165, 1.54) is 4.40 Å². The Hall–Kier alpha value is -3.17. The highest BCUT2D eigenvalue weighted by molar-refractivity contribution is 7.90. The molecule has 0 bridgehead atoms. The van der Waals surface area contributed by atoms with E-state index in [1.807, 2.05) is 24.4 Å². The SMILES string of the molecule is COCCn1ccc2cc(NC(=O)c3nc(S(C)(=O)=O)n4ccccc34)ccc21. The van der Waals surface area contributed by atoms with Crippen LogP contribution in [0.3, 0.4) is 0 Å². The second-order valence-electron chi connectivity index (χ2n) is 6.70. The Labute approximate surface area is 167 Å². The molecule has 0 aliphatic heterocycles. The minimum Gasteiger partial charge on any atom is -0.383 e. The summed E-state index contributed by atoms with van der Waals surface area (Å²) in [5.41, 5.74) is 2.12. The van der Waals surface area contributed by atoms with Crippen LogP contribution in [0.4, 0.5) is 5.69 Å². The van der Waals surface area contributed by atoms with Gasteiger partial charge in [-0.15, -0.1) is 0 Å². The molecule has 3 aromatic heterocycles. The number of aromatic nitrogens is 3. The van der Waals surface area contributed by atoms with Gasteiger partial charge < -0.3 is 14.6 Å². The molecule has 4 rings (SSSR count). The summed E-state index contributed by atoms with van der Waals surface area (Å²) >= 11 is 0. The number of imidazole rings is 1. The minimum atomic E-state index is -3.59. The largest absolute Gasteiger partial charge is 0.383 e. The van der Waals surface area contributed by atoms with E-state index in [4.69, 9.17) is 4.74 Å². The topological polar surface area (TPSA) is 94.7 Å². The Balaban J connectivity index is 1.66. The lowest BCUT2D eigenvalue weighted by molar-refractivity contribution is 0.102. The molecule has 0 unspecified atom stereocenters. The van der Waals surface area contributed by atoms with Crippen molar-refractivity contribution in [2.24, 2.45) is 0 Å². The molecule has 8 nitrogen and oxygen atoms in total. The predicted octanol–water partition coefficient (Wildman–Crippen LogP) is 2.59. The number of carbonyl (C=O) groups excluding carboxylic acids is 1. The summed E-state index contributed by atoms with van der Waals surface area (Å²) in [6.07, 6.45) is 4.61. The number of carbonyl (C=O) groups is 1. The lowest BCUT2D eigenvalue weighted by Gasteiger charge is -2.07. The third-order valence-electron chi connectivity index (χ3n) is 4.63. The van der Waals surface area contributed by atoms with E-state index in [0.717, 1.165) is 23.7 Å². The highest BCUT2D eigenvalue weighted by atomic mass is 32.2. The van der Waals surface area contributed by atoms with Crippen LogP contribution in [0.25, 0.3) is 16.4 Å². The molecule has 0 aliphatic rings. The third kappa shape index (κ3) is 3.62. The van der Waals surface area contributed by atoms with Gasteiger partial charge in [-0.3, -0.25) is 9.20 Å². The zero-order valence-corrected chi connectivity index (χ0v) is 16.8. The maximum Gasteiger partial charge on any atom is 0.276 e. The van der Waals surface area contributed by atoms with Crippen LogP contribution in [0.1, 0.15) is 10.5 Å². The maximum atomic E-state index is 12.8. The van der Waals surface area contributed by atoms with Crippen LogP contribution < -0.4 is 5.32 Å². The summed E-state index contributed by atoms with van der Waals surface area (Å²) in [6, 6.07) is 12.6. The fourth-order valence-corrected chi connectivity index (χ4v) is 4.06. The molecule has 3 heterocycles. The molecule has 0 saturated carbocycles. The van der Waals surface area contributed by atoms with E-state index in [2.05, 4.69) is 14.9 Å². The molecule has 150 valence electrons. The van der Waals surface area contributed by atoms with Crippen LogP contribution in [-0.2, 0) is 21.1 Å². The van der Waals surface area contributed by atoms with Crippen molar-refractivity contribution in [1.29, 1.82) is 0 Å². The molecule has 0 atom stereocenters. The van der Waals surface area contributed by atoms with E-state index in [0.29, 0.717) is 17.8 Å². The average molecular weight is 412 g/mol. The number of nitrogens with zero attached hydrogens (tertiary/aromatic N) is 3. The lowest BCUT2D eigenvalue weighted by atomic mass is 10.2. The maximum absolute atomic E-state index is 12.8. The minimum absolute atomic E-state index is 0.0591. The van der Waals surface area contributed by atoms with Crippen molar-refractivity contribution in [3.05, 3.63) is 60.6 Å². The van der Waals surface area contributed by atoms with Crippen molar-refractivity contribution in [2.45, 2.75) is 11.7 Å². The highest BCUT2D eigenvalue weighted by Gasteiger charge is 2.22. The van der Waals surface area contributed by atoms with Crippen LogP contribution in [0.5, 0.6) is 0 Å². The van der Waals surface area contributed by atoms with Gasteiger partial charge in [-0.1, -0.05) is 6.07 Å². The predicted molar refractivity (Wildman–Crippen MR) is 110 cm³/mol. The standard InChI is InChI=1S/C20H20N4O4S/c1-28-12-11-23-10-8-14-13-15(6-7-16(14)23)21-19(25)18-17-5-3-4-9-24(17)20(22-18)29(2,26)27/h3-10,13H,11-12H2,1-2H3,(H,21,25). The molecule has 0 radical (unpaired) electrons. The molecule has 0 saturated heterocycles. The van der Waals surface area contributed by atoms with E-state index < -0.39 is 15.7 Å². The first-order valence-corrected chi connectivity index (χ1v) is 10.8. The van der Waals surface area contributed by atoms with Crippen molar-refractivity contribution >= 4 is 37.9 Å². The highest BCUT2D eigenvalue weighted by Crippen LogP contribution is 2.22. The monoisotopic (exact) mass is 412 g/mol. The molecule has 1 aromatic carbocycles. The first-order chi connectivity index (χ1) is 13.9. The smallest absolute Gasteiger partial charge is 0.276 e.